The Balaban J connectivity index is 2.36. The van der Waals surface area contributed by atoms with E-state index in [0.29, 0.717) is 18.7 Å². The van der Waals surface area contributed by atoms with Crippen LogP contribution in [0.3, 0.4) is 0 Å². The number of hydrogen-bond donors (Lipinski definition) is 2. The van der Waals surface area contributed by atoms with Crippen LogP contribution in [0.4, 0.5) is 4.39 Å². The highest BCUT2D eigenvalue weighted by Gasteiger charge is 2.35. The van der Waals surface area contributed by atoms with E-state index in [9.17, 15) is 9.18 Å². The lowest BCUT2D eigenvalue weighted by atomic mass is 9.88. The van der Waals surface area contributed by atoms with Crippen molar-refractivity contribution in [1.29, 1.82) is 0 Å². The molecule has 4 nitrogen and oxygen atoms in total. The summed E-state index contributed by atoms with van der Waals surface area (Å²) in [7, 11) is 1.39. The Labute approximate surface area is 98.4 Å². The first-order chi connectivity index (χ1) is 8.15. The maximum atomic E-state index is 14.0. The molecule has 1 aromatic carbocycles. The van der Waals surface area contributed by atoms with Crippen molar-refractivity contribution in [3.05, 3.63) is 29.6 Å². The van der Waals surface area contributed by atoms with Crippen molar-refractivity contribution in [2.45, 2.75) is 5.92 Å². The Kier molecular flexibility index (Phi) is 3.28. The third-order valence-corrected chi connectivity index (χ3v) is 3.14. The average molecular weight is 239 g/mol. The summed E-state index contributed by atoms with van der Waals surface area (Å²) in [6.07, 6.45) is 0. The number of methoxy groups -OCH3 is 1. The predicted octanol–water partition coefficient (Wildman–Crippen LogP) is 1.22. The number of carbonyl (C=O) groups is 1. The van der Waals surface area contributed by atoms with Crippen molar-refractivity contribution < 1.29 is 19.0 Å². The molecule has 1 aliphatic rings. The first kappa shape index (κ1) is 11.9. The van der Waals surface area contributed by atoms with Gasteiger partial charge in [0.05, 0.1) is 13.0 Å². The molecule has 5 heteroatoms. The standard InChI is InChI=1S/C12H14FNO3/c1-17-10-4-2-3-7(11(10)13)8-5-14-6-9(8)12(15)16/h2-4,8-9,14H,5-6H2,1H3,(H,15,16). The van der Waals surface area contributed by atoms with Crippen LogP contribution < -0.4 is 10.1 Å². The summed E-state index contributed by atoms with van der Waals surface area (Å²) in [4.78, 5) is 11.1. The third kappa shape index (κ3) is 2.10. The molecule has 1 fully saturated rings. The molecule has 0 aromatic heterocycles. The van der Waals surface area contributed by atoms with Crippen LogP contribution in [0.1, 0.15) is 11.5 Å². The monoisotopic (exact) mass is 239 g/mol. The van der Waals surface area contributed by atoms with Crippen LogP contribution in [0.5, 0.6) is 5.75 Å². The van der Waals surface area contributed by atoms with Crippen molar-refractivity contribution in [1.82, 2.24) is 5.32 Å². The highest BCUT2D eigenvalue weighted by molar-refractivity contribution is 5.72. The quantitative estimate of drug-likeness (QED) is 0.832. The van der Waals surface area contributed by atoms with Gasteiger partial charge in [-0.25, -0.2) is 4.39 Å². The summed E-state index contributed by atoms with van der Waals surface area (Å²) in [6.45, 7) is 0.845. The molecule has 0 amide bonds. The lowest BCUT2D eigenvalue weighted by molar-refractivity contribution is -0.141. The number of ether oxygens (including phenoxy) is 1. The van der Waals surface area contributed by atoms with Crippen LogP contribution in [0.15, 0.2) is 18.2 Å². The second kappa shape index (κ2) is 4.71. The molecule has 1 aliphatic heterocycles. The number of nitrogens with one attached hydrogen (secondary N) is 1. The van der Waals surface area contributed by atoms with Gasteiger partial charge in [0, 0.05) is 19.0 Å². The van der Waals surface area contributed by atoms with E-state index in [-0.39, 0.29) is 11.7 Å². The molecule has 92 valence electrons. The molecular weight excluding hydrogens is 225 g/mol. The zero-order valence-corrected chi connectivity index (χ0v) is 9.44. The van der Waals surface area contributed by atoms with Crippen LogP contribution in [0.25, 0.3) is 0 Å². The summed E-state index contributed by atoms with van der Waals surface area (Å²) in [5.74, 6) is -2.14. The SMILES string of the molecule is COc1cccc(C2CNCC2C(=O)O)c1F. The van der Waals surface area contributed by atoms with Crippen molar-refractivity contribution in [3.8, 4) is 5.75 Å². The van der Waals surface area contributed by atoms with E-state index in [0.717, 1.165) is 0 Å². The maximum Gasteiger partial charge on any atom is 0.308 e. The summed E-state index contributed by atoms with van der Waals surface area (Å²) < 4.78 is 18.9. The molecule has 2 rings (SSSR count). The van der Waals surface area contributed by atoms with Crippen molar-refractivity contribution in [2.24, 2.45) is 5.92 Å². The third-order valence-electron chi connectivity index (χ3n) is 3.14. The van der Waals surface area contributed by atoms with Crippen molar-refractivity contribution >= 4 is 5.97 Å². The maximum absolute atomic E-state index is 14.0. The zero-order chi connectivity index (χ0) is 12.4. The van der Waals surface area contributed by atoms with Gasteiger partial charge >= 0.3 is 5.97 Å². The van der Waals surface area contributed by atoms with E-state index in [4.69, 9.17) is 9.84 Å². The van der Waals surface area contributed by atoms with E-state index in [2.05, 4.69) is 5.32 Å². The summed E-state index contributed by atoms with van der Waals surface area (Å²) in [5.41, 5.74) is 0.404. The van der Waals surface area contributed by atoms with Gasteiger partial charge in [-0.1, -0.05) is 12.1 Å². The largest absolute Gasteiger partial charge is 0.494 e. The molecule has 2 N–H and O–H groups in total. The Bertz CT molecular complexity index is 436. The number of aliphatic carboxylic acids is 1. The molecule has 1 heterocycles. The fourth-order valence-electron chi connectivity index (χ4n) is 2.24. The second-order valence-electron chi connectivity index (χ2n) is 4.07. The molecule has 1 saturated heterocycles. The van der Waals surface area contributed by atoms with Gasteiger partial charge in [0.2, 0.25) is 0 Å². The van der Waals surface area contributed by atoms with Crippen LogP contribution in [0, 0.1) is 11.7 Å². The topological polar surface area (TPSA) is 58.6 Å². The summed E-state index contributed by atoms with van der Waals surface area (Å²) >= 11 is 0. The Morgan fingerprint density at radius 2 is 2.29 bits per heavy atom. The van der Waals surface area contributed by atoms with Crippen molar-refractivity contribution in [3.63, 3.8) is 0 Å². The Hall–Kier alpha value is -1.62. The van der Waals surface area contributed by atoms with Gasteiger partial charge in [-0.05, 0) is 11.6 Å². The fraction of sp³-hybridized carbons (Fsp3) is 0.417. The lowest BCUT2D eigenvalue weighted by Crippen LogP contribution is -2.21. The van der Waals surface area contributed by atoms with Gasteiger partial charge < -0.3 is 15.2 Å². The number of rotatable bonds is 3. The van der Waals surface area contributed by atoms with E-state index < -0.39 is 17.7 Å². The molecular formula is C12H14FNO3. The molecule has 0 aliphatic carbocycles. The predicted molar refractivity (Wildman–Crippen MR) is 59.7 cm³/mol. The fourth-order valence-corrected chi connectivity index (χ4v) is 2.24. The van der Waals surface area contributed by atoms with Crippen LogP contribution in [0.2, 0.25) is 0 Å². The number of halogens is 1. The van der Waals surface area contributed by atoms with Crippen LogP contribution in [-0.2, 0) is 4.79 Å². The smallest absolute Gasteiger partial charge is 0.308 e. The second-order valence-corrected chi connectivity index (χ2v) is 4.07. The molecule has 0 spiro atoms. The number of benzene rings is 1. The lowest BCUT2D eigenvalue weighted by Gasteiger charge is -2.16. The highest BCUT2D eigenvalue weighted by Crippen LogP contribution is 2.33. The molecule has 0 radical (unpaired) electrons. The minimum Gasteiger partial charge on any atom is -0.494 e. The molecule has 2 atom stereocenters. The summed E-state index contributed by atoms with van der Waals surface area (Å²) in [6, 6.07) is 4.82. The normalized spacial score (nSPS) is 23.6. The molecule has 0 saturated carbocycles. The van der Waals surface area contributed by atoms with Gasteiger partial charge in [0.25, 0.3) is 0 Å². The molecule has 1 aromatic rings. The van der Waals surface area contributed by atoms with Gasteiger partial charge in [-0.15, -0.1) is 0 Å². The van der Waals surface area contributed by atoms with E-state index in [1.807, 2.05) is 0 Å². The van der Waals surface area contributed by atoms with Gasteiger partial charge in [-0.3, -0.25) is 4.79 Å². The number of carboxylic acid groups (broad SMARTS) is 1. The van der Waals surface area contributed by atoms with Crippen LogP contribution in [-0.4, -0.2) is 31.3 Å². The Morgan fingerprint density at radius 3 is 2.94 bits per heavy atom. The Morgan fingerprint density at radius 1 is 1.53 bits per heavy atom. The van der Waals surface area contributed by atoms with E-state index in [1.54, 1.807) is 12.1 Å². The van der Waals surface area contributed by atoms with Gasteiger partial charge in [0.15, 0.2) is 11.6 Å². The molecule has 2 unspecified atom stereocenters. The van der Waals surface area contributed by atoms with Gasteiger partial charge in [0.1, 0.15) is 0 Å². The number of carboxylic acids is 1. The minimum absolute atomic E-state index is 0.151. The number of hydrogen-bond acceptors (Lipinski definition) is 3. The molecule has 0 bridgehead atoms. The first-order valence-corrected chi connectivity index (χ1v) is 5.41. The van der Waals surface area contributed by atoms with Gasteiger partial charge in [-0.2, -0.15) is 0 Å². The first-order valence-electron chi connectivity index (χ1n) is 5.41. The minimum atomic E-state index is -0.901. The van der Waals surface area contributed by atoms with Crippen molar-refractivity contribution in [2.75, 3.05) is 20.2 Å². The van der Waals surface area contributed by atoms with E-state index >= 15 is 0 Å². The average Bonchev–Trinajstić information content (AvgIpc) is 2.78. The highest BCUT2D eigenvalue weighted by atomic mass is 19.1. The van der Waals surface area contributed by atoms with Crippen LogP contribution >= 0.6 is 0 Å². The summed E-state index contributed by atoms with van der Waals surface area (Å²) in [5, 5.41) is 12.0. The van der Waals surface area contributed by atoms with E-state index in [1.165, 1.54) is 13.2 Å². The zero-order valence-electron chi connectivity index (χ0n) is 9.44. The molecule has 17 heavy (non-hydrogen) atoms.